The summed E-state index contributed by atoms with van der Waals surface area (Å²) in [5, 5.41) is 0. The average Bonchev–Trinajstić information content (AvgIpc) is 1.35. The third kappa shape index (κ3) is 6.64. The molecule has 0 rings (SSSR count). The molecule has 0 heterocycles. The van der Waals surface area contributed by atoms with Crippen molar-refractivity contribution in [1.82, 2.24) is 0 Å². The Kier molecular flexibility index (Phi) is 8.30. The summed E-state index contributed by atoms with van der Waals surface area (Å²) in [6.07, 6.45) is 0.506. The summed E-state index contributed by atoms with van der Waals surface area (Å²) in [5.74, 6) is 0. The summed E-state index contributed by atoms with van der Waals surface area (Å²) < 4.78 is 5.27. The van der Waals surface area contributed by atoms with E-state index in [2.05, 4.69) is 13.8 Å². The molecule has 0 spiro atoms. The third-order valence-electron chi connectivity index (χ3n) is 0.258. The van der Waals surface area contributed by atoms with Crippen LogP contribution in [-0.2, 0) is 1.12 Å². The van der Waals surface area contributed by atoms with Crippen molar-refractivity contribution in [2.24, 2.45) is 0 Å². The summed E-state index contributed by atoms with van der Waals surface area (Å²) in [7, 11) is 0. The van der Waals surface area contributed by atoms with Gasteiger partial charge >= 0.3 is 73.9 Å². The molecule has 0 radical (unpaired) electrons. The van der Waals surface area contributed by atoms with E-state index < -0.39 is 0 Å². The van der Waals surface area contributed by atoms with Crippen LogP contribution in [0.4, 0.5) is 0 Å². The summed E-state index contributed by atoms with van der Waals surface area (Å²) in [4.78, 5) is 0. The molecule has 0 aliphatic rings. The second-order valence-corrected chi connectivity index (χ2v) is 6.32. The van der Waals surface area contributed by atoms with E-state index >= 15 is 0 Å². The quantitative estimate of drug-likeness (QED) is 0.719. The van der Waals surface area contributed by atoms with Gasteiger partial charge in [0.1, 0.15) is 0 Å². The van der Waals surface area contributed by atoms with Crippen LogP contribution in [0.3, 0.4) is 0 Å². The van der Waals surface area contributed by atoms with Gasteiger partial charge in [-0.05, 0) is 0 Å². The van der Waals surface area contributed by atoms with Gasteiger partial charge in [0.15, 0.2) is 0 Å². The molecule has 0 saturated carbocycles. The van der Waals surface area contributed by atoms with Crippen molar-refractivity contribution in [3.63, 3.8) is 0 Å². The standard InChI is InChI=1S/C3H7O.2Pm/c1-3(2)4;;/h3H,1-2H3;;/q-1;;+1. The molecule has 0 aliphatic heterocycles. The normalized spacial score (nSPS) is 9.17. The minimum absolute atomic E-state index is 0.312. The molecule has 0 unspecified atom stereocenters. The molecule has 0 fully saturated rings. The van der Waals surface area contributed by atoms with E-state index in [1.807, 2.05) is 0 Å². The zero-order chi connectivity index (χ0) is 4.99. The zero-order valence-electron chi connectivity index (χ0n) is 3.88. The van der Waals surface area contributed by atoms with Crippen molar-refractivity contribution in [2.45, 2.75) is 20.0 Å². The van der Waals surface area contributed by atoms with Crippen LogP contribution in [-0.4, -0.2) is 6.10 Å². The molecule has 35 valence electrons. The fourth-order valence-electron chi connectivity index (χ4n) is 0.0943. The predicted octanol–water partition coefficient (Wildman–Crippen LogP) is 0.876. The molecule has 0 aromatic carbocycles. The molecule has 1 nitrogen and oxygen atoms in total. The van der Waals surface area contributed by atoms with E-state index in [0.29, 0.717) is 6.10 Å². The van der Waals surface area contributed by atoms with Gasteiger partial charge in [-0.2, -0.15) is 0 Å². The molecule has 0 atom stereocenters. The van der Waals surface area contributed by atoms with E-state index in [4.69, 9.17) is 1.12 Å². The third-order valence-corrected chi connectivity index (χ3v) is 4.16. The van der Waals surface area contributed by atoms with Gasteiger partial charge < -0.3 is 0 Å². The Balaban J connectivity index is 2.63. The molecule has 0 saturated heterocycles. The Bertz CT molecular complexity index is 30.0. The monoisotopic (exact) mass is 349 g/mol. The van der Waals surface area contributed by atoms with Crippen molar-refractivity contribution >= 4 is 0 Å². The Morgan fingerprint density at radius 3 is 2.17 bits per heavy atom. The van der Waals surface area contributed by atoms with E-state index in [0.717, 1.165) is 0 Å². The van der Waals surface area contributed by atoms with Crippen molar-refractivity contribution in [3.05, 3.63) is 0 Å². The first-order chi connectivity index (χ1) is 2.77. The van der Waals surface area contributed by atoms with Crippen LogP contribution in [0.5, 0.6) is 0 Å². The number of rotatable bonds is 2. The average molecular weight is 349 g/mol. The van der Waals surface area contributed by atoms with Crippen LogP contribution in [0.1, 0.15) is 13.8 Å². The van der Waals surface area contributed by atoms with Crippen molar-refractivity contribution in [3.8, 4) is 0 Å². The molecule has 0 amide bonds. The predicted molar refractivity (Wildman–Crippen MR) is 16.2 cm³/mol. The van der Waals surface area contributed by atoms with Gasteiger partial charge in [-0.3, -0.25) is 0 Å². The molecule has 3 heteroatoms. The molecule has 0 aromatic rings. The fourth-order valence-corrected chi connectivity index (χ4v) is 5.19. The number of hydrogen-bond acceptors (Lipinski definition) is 1. The van der Waals surface area contributed by atoms with Crippen molar-refractivity contribution in [2.75, 3.05) is 0 Å². The van der Waals surface area contributed by atoms with Gasteiger partial charge in [-0.1, -0.05) is 0 Å². The van der Waals surface area contributed by atoms with E-state index in [1.165, 1.54) is 27.2 Å². The van der Waals surface area contributed by atoms with Crippen LogP contribution in [0.25, 0.3) is 0 Å². The minimum atomic E-state index is -0.312. The van der Waals surface area contributed by atoms with E-state index in [1.54, 1.807) is 0 Å². The topological polar surface area (TPSA) is 9.23 Å². The molecule has 0 bridgehead atoms. The second-order valence-electron chi connectivity index (χ2n) is 1.24. The fraction of sp³-hybridized carbons (Fsp3) is 1.00. The molecule has 0 N–H and O–H groups in total. The second kappa shape index (κ2) is 5.77. The summed E-state index contributed by atoms with van der Waals surface area (Å²) >= 11 is 1.20. The van der Waals surface area contributed by atoms with Gasteiger partial charge in [0.25, 0.3) is 0 Å². The van der Waals surface area contributed by atoms with Gasteiger partial charge in [-0.25, -0.2) is 0 Å². The van der Waals surface area contributed by atoms with Crippen molar-refractivity contribution < 1.29 is 54.0 Å². The summed E-state index contributed by atoms with van der Waals surface area (Å²) in [6.45, 7) is 4.19. The molecular weight excluding hydrogens is 342 g/mol. The Labute approximate surface area is 71.6 Å². The van der Waals surface area contributed by atoms with Crippen LogP contribution in [0.15, 0.2) is 0 Å². The van der Waals surface area contributed by atoms with Crippen LogP contribution in [0.2, 0.25) is 0 Å². The Morgan fingerprint density at radius 2 is 2.17 bits per heavy atom. The van der Waals surface area contributed by atoms with Gasteiger partial charge in [0, 0.05) is 0 Å². The Hall–Kier alpha value is 2.64. The first kappa shape index (κ1) is 8.64. The molecule has 0 aliphatic carbocycles. The van der Waals surface area contributed by atoms with Crippen LogP contribution < -0.4 is 0 Å². The maximum absolute atomic E-state index is 5.27. The first-order valence-electron chi connectivity index (χ1n) is 1.77. The van der Waals surface area contributed by atoms with Crippen molar-refractivity contribution in [1.29, 1.82) is 0 Å². The van der Waals surface area contributed by atoms with Gasteiger partial charge in [-0.15, -0.1) is 0 Å². The number of hydrogen-bond donors (Lipinski definition) is 0. The molecule has 6 heavy (non-hydrogen) atoms. The summed E-state index contributed by atoms with van der Waals surface area (Å²) in [6, 6.07) is 0. The maximum atomic E-state index is 5.27. The van der Waals surface area contributed by atoms with Crippen LogP contribution in [0, 0.1) is 52.8 Å². The SMILES string of the molecule is CC(C)[O][Pm][Pm]. The Morgan fingerprint density at radius 1 is 1.67 bits per heavy atom. The molecular formula is C3H7OPm2. The summed E-state index contributed by atoms with van der Waals surface area (Å²) in [5.41, 5.74) is 0. The van der Waals surface area contributed by atoms with E-state index in [-0.39, 0.29) is 25.7 Å². The zero-order valence-corrected chi connectivity index (χ0v) is 9.62. The van der Waals surface area contributed by atoms with Crippen LogP contribution >= 0.6 is 0 Å². The molecule has 0 aromatic heterocycles. The van der Waals surface area contributed by atoms with E-state index in [9.17, 15) is 0 Å². The first-order valence-corrected chi connectivity index (χ1v) is 13.7. The van der Waals surface area contributed by atoms with Gasteiger partial charge in [0.2, 0.25) is 0 Å². The van der Waals surface area contributed by atoms with Gasteiger partial charge in [0.05, 0.1) is 0 Å².